The first kappa shape index (κ1) is 19.4. The average molecular weight is 355 g/mol. The molecule has 0 fully saturated rings. The number of anilines is 3. The van der Waals surface area contributed by atoms with E-state index in [9.17, 15) is 9.59 Å². The zero-order valence-electron chi connectivity index (χ0n) is 15.5. The van der Waals surface area contributed by atoms with Crippen LogP contribution in [0.2, 0.25) is 0 Å². The molecule has 0 aliphatic heterocycles. The third-order valence-electron chi connectivity index (χ3n) is 3.66. The Kier molecular flexibility index (Phi) is 7.08. The number of carbonyl (C=O) groups excluding carboxylic acids is 2. The molecule has 2 N–H and O–H groups in total. The summed E-state index contributed by atoms with van der Waals surface area (Å²) in [4.78, 5) is 25.5. The van der Waals surface area contributed by atoms with Gasteiger partial charge in [0.05, 0.1) is 0 Å². The third-order valence-corrected chi connectivity index (χ3v) is 3.66. The summed E-state index contributed by atoms with van der Waals surface area (Å²) in [5.74, 6) is 0.316. The summed E-state index contributed by atoms with van der Waals surface area (Å²) in [6, 6.07) is 10.4. The van der Waals surface area contributed by atoms with Crippen molar-refractivity contribution in [3.8, 4) is 0 Å². The molecule has 0 aliphatic carbocycles. The number of benzene rings is 1. The van der Waals surface area contributed by atoms with Crippen LogP contribution in [0.25, 0.3) is 0 Å². The van der Waals surface area contributed by atoms with Gasteiger partial charge in [-0.1, -0.05) is 13.8 Å². The second-order valence-corrected chi connectivity index (χ2v) is 5.98. The largest absolute Gasteiger partial charge is 0.355 e. The SMILES string of the molecule is CCCN(CCC)c1ccc(C(=O)Nc2ccc(NC(C)=O)cc2)nn1. The highest BCUT2D eigenvalue weighted by Gasteiger charge is 2.11. The van der Waals surface area contributed by atoms with Crippen LogP contribution in [0.15, 0.2) is 36.4 Å². The van der Waals surface area contributed by atoms with E-state index in [-0.39, 0.29) is 17.5 Å². The number of hydrogen-bond donors (Lipinski definition) is 2. The molecule has 26 heavy (non-hydrogen) atoms. The van der Waals surface area contributed by atoms with Crippen LogP contribution in [0, 0.1) is 0 Å². The quantitative estimate of drug-likeness (QED) is 0.758. The zero-order valence-corrected chi connectivity index (χ0v) is 15.5. The van der Waals surface area contributed by atoms with Crippen molar-refractivity contribution < 1.29 is 9.59 Å². The van der Waals surface area contributed by atoms with E-state index in [1.54, 1.807) is 30.3 Å². The summed E-state index contributed by atoms with van der Waals surface area (Å²) >= 11 is 0. The normalized spacial score (nSPS) is 10.3. The van der Waals surface area contributed by atoms with E-state index in [4.69, 9.17) is 0 Å². The highest BCUT2D eigenvalue weighted by molar-refractivity contribution is 6.03. The highest BCUT2D eigenvalue weighted by atomic mass is 16.2. The van der Waals surface area contributed by atoms with Gasteiger partial charge < -0.3 is 15.5 Å². The minimum absolute atomic E-state index is 0.141. The van der Waals surface area contributed by atoms with E-state index in [1.807, 2.05) is 6.07 Å². The predicted octanol–water partition coefficient (Wildman–Crippen LogP) is 3.31. The minimum Gasteiger partial charge on any atom is -0.355 e. The van der Waals surface area contributed by atoms with Crippen molar-refractivity contribution in [3.05, 3.63) is 42.1 Å². The molecule has 0 radical (unpaired) electrons. The number of hydrogen-bond acceptors (Lipinski definition) is 5. The highest BCUT2D eigenvalue weighted by Crippen LogP contribution is 2.15. The smallest absolute Gasteiger partial charge is 0.276 e. The van der Waals surface area contributed by atoms with Crippen molar-refractivity contribution >= 4 is 29.0 Å². The van der Waals surface area contributed by atoms with Gasteiger partial charge in [0.2, 0.25) is 5.91 Å². The second kappa shape index (κ2) is 9.50. The standard InChI is InChI=1S/C19H25N5O2/c1-4-12-24(13-5-2)18-11-10-17(22-23-18)19(26)21-16-8-6-15(7-9-16)20-14(3)25/h6-11H,4-5,12-13H2,1-3H3,(H,20,25)(H,21,26). The molecule has 1 aromatic heterocycles. The molecule has 1 heterocycles. The first-order valence-electron chi connectivity index (χ1n) is 8.81. The molecule has 0 saturated heterocycles. The Hall–Kier alpha value is -2.96. The lowest BCUT2D eigenvalue weighted by atomic mass is 10.2. The Morgan fingerprint density at radius 3 is 1.92 bits per heavy atom. The van der Waals surface area contributed by atoms with Crippen LogP contribution in [0.5, 0.6) is 0 Å². The van der Waals surface area contributed by atoms with Gasteiger partial charge in [-0.25, -0.2) is 0 Å². The molecule has 0 aliphatic rings. The Morgan fingerprint density at radius 2 is 1.46 bits per heavy atom. The first-order chi connectivity index (χ1) is 12.5. The van der Waals surface area contributed by atoms with Gasteiger partial charge in [0, 0.05) is 31.4 Å². The molecule has 0 spiro atoms. The van der Waals surface area contributed by atoms with Crippen LogP contribution in [-0.2, 0) is 4.79 Å². The summed E-state index contributed by atoms with van der Waals surface area (Å²) < 4.78 is 0. The van der Waals surface area contributed by atoms with E-state index >= 15 is 0 Å². The molecule has 7 heteroatoms. The van der Waals surface area contributed by atoms with Gasteiger partial charge in [-0.3, -0.25) is 9.59 Å². The summed E-state index contributed by atoms with van der Waals surface area (Å²) in [6.07, 6.45) is 2.05. The summed E-state index contributed by atoms with van der Waals surface area (Å²) in [6.45, 7) is 7.51. The Labute approximate surface area is 153 Å². The van der Waals surface area contributed by atoms with E-state index in [1.165, 1.54) is 6.92 Å². The molecule has 7 nitrogen and oxygen atoms in total. The lowest BCUT2D eigenvalue weighted by Crippen LogP contribution is -2.26. The topological polar surface area (TPSA) is 87.2 Å². The summed E-state index contributed by atoms with van der Waals surface area (Å²) in [5, 5.41) is 13.7. The maximum absolute atomic E-state index is 12.3. The fraction of sp³-hybridized carbons (Fsp3) is 0.368. The van der Waals surface area contributed by atoms with Gasteiger partial charge in [-0.15, -0.1) is 10.2 Å². The fourth-order valence-electron chi connectivity index (χ4n) is 2.53. The minimum atomic E-state index is -0.325. The maximum atomic E-state index is 12.3. The van der Waals surface area contributed by atoms with Gasteiger partial charge in [0.25, 0.3) is 5.91 Å². The molecule has 0 saturated carbocycles. The number of amides is 2. The van der Waals surface area contributed by atoms with Gasteiger partial charge in [0.1, 0.15) is 0 Å². The van der Waals surface area contributed by atoms with Crippen LogP contribution in [0.3, 0.4) is 0 Å². The molecule has 0 bridgehead atoms. The Morgan fingerprint density at radius 1 is 0.885 bits per heavy atom. The van der Waals surface area contributed by atoms with E-state index < -0.39 is 0 Å². The van der Waals surface area contributed by atoms with Crippen LogP contribution in [0.1, 0.15) is 44.1 Å². The number of nitrogens with one attached hydrogen (secondary N) is 2. The lowest BCUT2D eigenvalue weighted by molar-refractivity contribution is -0.114. The van der Waals surface area contributed by atoms with Crippen molar-refractivity contribution in [2.24, 2.45) is 0 Å². The maximum Gasteiger partial charge on any atom is 0.276 e. The monoisotopic (exact) mass is 355 g/mol. The number of nitrogens with zero attached hydrogens (tertiary/aromatic N) is 3. The van der Waals surface area contributed by atoms with E-state index in [0.717, 1.165) is 31.7 Å². The zero-order chi connectivity index (χ0) is 18.9. The van der Waals surface area contributed by atoms with Crippen LogP contribution < -0.4 is 15.5 Å². The van der Waals surface area contributed by atoms with Crippen LogP contribution >= 0.6 is 0 Å². The lowest BCUT2D eigenvalue weighted by Gasteiger charge is -2.21. The van der Waals surface area contributed by atoms with Crippen LogP contribution in [0.4, 0.5) is 17.2 Å². The third kappa shape index (κ3) is 5.54. The molecular weight excluding hydrogens is 330 g/mol. The summed E-state index contributed by atoms with van der Waals surface area (Å²) in [5.41, 5.74) is 1.55. The number of rotatable bonds is 8. The Balaban J connectivity index is 2.02. The van der Waals surface area contributed by atoms with Crippen LogP contribution in [-0.4, -0.2) is 35.1 Å². The Bertz CT molecular complexity index is 723. The fourth-order valence-corrected chi connectivity index (χ4v) is 2.53. The van der Waals surface area contributed by atoms with Crippen molar-refractivity contribution in [3.63, 3.8) is 0 Å². The molecule has 2 amide bonds. The van der Waals surface area contributed by atoms with Gasteiger partial charge in [-0.05, 0) is 49.2 Å². The molecule has 138 valence electrons. The van der Waals surface area contributed by atoms with E-state index in [2.05, 4.69) is 39.6 Å². The molecule has 0 atom stereocenters. The molecule has 1 aromatic carbocycles. The van der Waals surface area contributed by atoms with Crippen molar-refractivity contribution in [1.29, 1.82) is 0 Å². The van der Waals surface area contributed by atoms with E-state index in [0.29, 0.717) is 11.4 Å². The van der Waals surface area contributed by atoms with Gasteiger partial charge in [-0.2, -0.15) is 0 Å². The molecule has 2 aromatic rings. The molecule has 0 unspecified atom stereocenters. The molecular formula is C19H25N5O2. The van der Waals surface area contributed by atoms with Crippen molar-refractivity contribution in [2.45, 2.75) is 33.6 Å². The molecule has 2 rings (SSSR count). The van der Waals surface area contributed by atoms with Gasteiger partial charge in [0.15, 0.2) is 11.5 Å². The van der Waals surface area contributed by atoms with Crippen molar-refractivity contribution in [1.82, 2.24) is 10.2 Å². The predicted molar refractivity (Wildman–Crippen MR) is 104 cm³/mol. The average Bonchev–Trinajstić information content (AvgIpc) is 2.63. The number of aromatic nitrogens is 2. The first-order valence-corrected chi connectivity index (χ1v) is 8.81. The van der Waals surface area contributed by atoms with Gasteiger partial charge >= 0.3 is 0 Å². The van der Waals surface area contributed by atoms with Crippen molar-refractivity contribution in [2.75, 3.05) is 28.6 Å². The number of carbonyl (C=O) groups is 2. The second-order valence-electron chi connectivity index (χ2n) is 5.98. The summed E-state index contributed by atoms with van der Waals surface area (Å²) in [7, 11) is 0.